The van der Waals surface area contributed by atoms with Crippen molar-refractivity contribution in [2.75, 3.05) is 23.7 Å². The molecule has 1 atom stereocenters. The number of nitrogen functional groups attached to an aromatic ring is 1. The van der Waals surface area contributed by atoms with Crippen molar-refractivity contribution in [1.82, 2.24) is 0 Å². The summed E-state index contributed by atoms with van der Waals surface area (Å²) in [6.07, 6.45) is 1.59. The molecule has 5 heteroatoms. The number of nitriles is 1. The number of thiophene rings is 1. The topological polar surface area (TPSA) is 73.3 Å². The van der Waals surface area contributed by atoms with Gasteiger partial charge < -0.3 is 15.7 Å². The van der Waals surface area contributed by atoms with Gasteiger partial charge in [-0.1, -0.05) is 0 Å². The van der Waals surface area contributed by atoms with Crippen LogP contribution >= 0.6 is 11.3 Å². The highest BCUT2D eigenvalue weighted by Gasteiger charge is 2.20. The summed E-state index contributed by atoms with van der Waals surface area (Å²) in [6, 6.07) is 3.89. The lowest BCUT2D eigenvalue weighted by Crippen LogP contribution is -2.37. The highest BCUT2D eigenvalue weighted by molar-refractivity contribution is 7.17. The molecule has 1 aliphatic rings. The SMILES string of the molecule is N#Cc1sc(N2CCCC(O)C2)cc1N. The summed E-state index contributed by atoms with van der Waals surface area (Å²) in [5.74, 6) is 0. The van der Waals surface area contributed by atoms with Gasteiger partial charge in [0.05, 0.1) is 16.8 Å². The molecule has 0 aliphatic carbocycles. The summed E-state index contributed by atoms with van der Waals surface area (Å²) in [6.45, 7) is 1.58. The van der Waals surface area contributed by atoms with Crippen LogP contribution in [-0.4, -0.2) is 24.3 Å². The van der Waals surface area contributed by atoms with Gasteiger partial charge in [-0.15, -0.1) is 11.3 Å². The summed E-state index contributed by atoms with van der Waals surface area (Å²) >= 11 is 1.40. The van der Waals surface area contributed by atoms with Crippen LogP contribution < -0.4 is 10.6 Å². The number of nitrogens with zero attached hydrogens (tertiary/aromatic N) is 2. The van der Waals surface area contributed by atoms with Crippen LogP contribution in [0.5, 0.6) is 0 Å². The molecule has 80 valence electrons. The van der Waals surface area contributed by atoms with Crippen LogP contribution in [0.15, 0.2) is 6.07 Å². The number of anilines is 2. The number of piperidine rings is 1. The average Bonchev–Trinajstić information content (AvgIpc) is 2.60. The van der Waals surface area contributed by atoms with E-state index in [1.165, 1.54) is 11.3 Å². The standard InChI is InChI=1S/C10H13N3OS/c11-5-9-8(12)4-10(15-9)13-3-1-2-7(14)6-13/h4,7,14H,1-3,6,12H2. The Kier molecular flexibility index (Phi) is 2.80. The number of nitrogens with two attached hydrogens (primary N) is 1. The second-order valence-electron chi connectivity index (χ2n) is 3.72. The van der Waals surface area contributed by atoms with Crippen LogP contribution in [0, 0.1) is 11.3 Å². The number of hydrogen-bond acceptors (Lipinski definition) is 5. The fourth-order valence-corrected chi connectivity index (χ4v) is 2.70. The number of aliphatic hydroxyl groups is 1. The first kappa shape index (κ1) is 10.3. The third-order valence-corrected chi connectivity index (χ3v) is 3.67. The van der Waals surface area contributed by atoms with E-state index >= 15 is 0 Å². The summed E-state index contributed by atoms with van der Waals surface area (Å²) < 4.78 is 0. The zero-order valence-electron chi connectivity index (χ0n) is 8.31. The van der Waals surface area contributed by atoms with E-state index in [0.29, 0.717) is 17.1 Å². The first-order chi connectivity index (χ1) is 7.20. The van der Waals surface area contributed by atoms with E-state index in [1.54, 1.807) is 0 Å². The Balaban J connectivity index is 2.18. The normalized spacial score (nSPS) is 21.3. The maximum atomic E-state index is 9.54. The van der Waals surface area contributed by atoms with Crippen molar-refractivity contribution < 1.29 is 5.11 Å². The number of aliphatic hydroxyl groups excluding tert-OH is 1. The lowest BCUT2D eigenvalue weighted by atomic mass is 10.1. The summed E-state index contributed by atoms with van der Waals surface area (Å²) in [7, 11) is 0. The lowest BCUT2D eigenvalue weighted by molar-refractivity contribution is 0.154. The molecule has 1 saturated heterocycles. The molecule has 1 aromatic heterocycles. The maximum Gasteiger partial charge on any atom is 0.129 e. The Morgan fingerprint density at radius 3 is 3.07 bits per heavy atom. The van der Waals surface area contributed by atoms with E-state index in [0.717, 1.165) is 24.4 Å². The molecule has 3 N–H and O–H groups in total. The predicted molar refractivity (Wildman–Crippen MR) is 60.9 cm³/mol. The third-order valence-electron chi connectivity index (χ3n) is 2.56. The van der Waals surface area contributed by atoms with Gasteiger partial charge in [-0.25, -0.2) is 0 Å². The van der Waals surface area contributed by atoms with Crippen molar-refractivity contribution in [3.63, 3.8) is 0 Å². The highest BCUT2D eigenvalue weighted by atomic mass is 32.1. The van der Waals surface area contributed by atoms with E-state index < -0.39 is 0 Å². The van der Waals surface area contributed by atoms with E-state index in [4.69, 9.17) is 11.0 Å². The van der Waals surface area contributed by atoms with Gasteiger partial charge in [0.25, 0.3) is 0 Å². The molecule has 1 aromatic rings. The lowest BCUT2D eigenvalue weighted by Gasteiger charge is -2.30. The predicted octanol–water partition coefficient (Wildman–Crippen LogP) is 1.16. The second kappa shape index (κ2) is 4.09. The molecular formula is C10H13N3OS. The van der Waals surface area contributed by atoms with Crippen LogP contribution in [0.4, 0.5) is 10.7 Å². The van der Waals surface area contributed by atoms with Gasteiger partial charge in [-0.3, -0.25) is 0 Å². The van der Waals surface area contributed by atoms with Crippen LogP contribution in [-0.2, 0) is 0 Å². The summed E-state index contributed by atoms with van der Waals surface area (Å²) in [5.41, 5.74) is 6.23. The summed E-state index contributed by atoms with van der Waals surface area (Å²) in [4.78, 5) is 2.65. The molecule has 1 aliphatic heterocycles. The van der Waals surface area contributed by atoms with Crippen molar-refractivity contribution in [1.29, 1.82) is 5.26 Å². The van der Waals surface area contributed by atoms with Gasteiger partial charge in [0.15, 0.2) is 0 Å². The van der Waals surface area contributed by atoms with E-state index in [-0.39, 0.29) is 6.10 Å². The van der Waals surface area contributed by atoms with Crippen molar-refractivity contribution in [3.8, 4) is 6.07 Å². The largest absolute Gasteiger partial charge is 0.397 e. The fraction of sp³-hybridized carbons (Fsp3) is 0.500. The average molecular weight is 223 g/mol. The van der Waals surface area contributed by atoms with Crippen molar-refractivity contribution >= 4 is 22.0 Å². The molecular weight excluding hydrogens is 210 g/mol. The molecule has 0 spiro atoms. The molecule has 0 aromatic carbocycles. The molecule has 0 saturated carbocycles. The van der Waals surface area contributed by atoms with Gasteiger partial charge in [-0.2, -0.15) is 5.26 Å². The molecule has 2 heterocycles. The molecule has 0 amide bonds. The smallest absolute Gasteiger partial charge is 0.129 e. The molecule has 4 nitrogen and oxygen atoms in total. The third kappa shape index (κ3) is 2.06. The zero-order valence-corrected chi connectivity index (χ0v) is 9.13. The van der Waals surface area contributed by atoms with Gasteiger partial charge in [0.2, 0.25) is 0 Å². The Morgan fingerprint density at radius 2 is 2.47 bits per heavy atom. The van der Waals surface area contributed by atoms with Crippen molar-refractivity contribution in [2.24, 2.45) is 0 Å². The molecule has 0 bridgehead atoms. The minimum absolute atomic E-state index is 0.257. The van der Waals surface area contributed by atoms with Crippen LogP contribution in [0.2, 0.25) is 0 Å². The Morgan fingerprint density at radius 1 is 1.67 bits per heavy atom. The summed E-state index contributed by atoms with van der Waals surface area (Å²) in [5, 5.41) is 19.3. The molecule has 15 heavy (non-hydrogen) atoms. The van der Waals surface area contributed by atoms with E-state index in [1.807, 2.05) is 6.07 Å². The van der Waals surface area contributed by atoms with Gasteiger partial charge >= 0.3 is 0 Å². The first-order valence-electron chi connectivity index (χ1n) is 4.93. The first-order valence-corrected chi connectivity index (χ1v) is 5.75. The van der Waals surface area contributed by atoms with Crippen LogP contribution in [0.3, 0.4) is 0 Å². The molecule has 1 fully saturated rings. The van der Waals surface area contributed by atoms with Crippen molar-refractivity contribution in [2.45, 2.75) is 18.9 Å². The zero-order chi connectivity index (χ0) is 10.8. The highest BCUT2D eigenvalue weighted by Crippen LogP contribution is 2.32. The second-order valence-corrected chi connectivity index (χ2v) is 4.75. The number of β-amino-alcohol motifs (C(OH)–C–C–N with tert-alkyl or cyclic N) is 1. The fourth-order valence-electron chi connectivity index (χ4n) is 1.79. The van der Waals surface area contributed by atoms with Crippen molar-refractivity contribution in [3.05, 3.63) is 10.9 Å². The number of hydrogen-bond donors (Lipinski definition) is 2. The van der Waals surface area contributed by atoms with E-state index in [2.05, 4.69) is 11.0 Å². The minimum Gasteiger partial charge on any atom is -0.397 e. The van der Waals surface area contributed by atoms with Gasteiger partial charge in [-0.05, 0) is 18.9 Å². The Hall–Kier alpha value is -1.25. The Labute approximate surface area is 92.5 Å². The molecule has 0 radical (unpaired) electrons. The maximum absolute atomic E-state index is 9.54. The van der Waals surface area contributed by atoms with Crippen LogP contribution in [0.1, 0.15) is 17.7 Å². The monoisotopic (exact) mass is 223 g/mol. The molecule has 1 unspecified atom stereocenters. The minimum atomic E-state index is -0.257. The van der Waals surface area contributed by atoms with Gasteiger partial charge in [0, 0.05) is 13.1 Å². The Bertz CT molecular complexity index is 396. The van der Waals surface area contributed by atoms with Crippen LogP contribution in [0.25, 0.3) is 0 Å². The van der Waals surface area contributed by atoms with Gasteiger partial charge in [0.1, 0.15) is 10.9 Å². The number of rotatable bonds is 1. The molecule has 2 rings (SSSR count). The quantitative estimate of drug-likeness (QED) is 0.749. The van der Waals surface area contributed by atoms with E-state index in [9.17, 15) is 5.11 Å².